The number of hydrogen-bond donors (Lipinski definition) is 1. The molecule has 1 aromatic heterocycles. The molecule has 2 aromatic rings. The number of aromatic nitrogens is 2. The van der Waals surface area contributed by atoms with Gasteiger partial charge in [-0.25, -0.2) is 9.18 Å². The van der Waals surface area contributed by atoms with Crippen molar-refractivity contribution in [1.29, 1.82) is 0 Å². The largest absolute Gasteiger partial charge is 0.328 e. The average molecular weight is 388 g/mol. The topological polar surface area (TPSA) is 54.9 Å². The third-order valence-electron chi connectivity index (χ3n) is 3.00. The minimum Gasteiger partial charge on any atom is -0.314 e. The third-order valence-corrected chi connectivity index (χ3v) is 5.18. The van der Waals surface area contributed by atoms with Gasteiger partial charge in [-0.05, 0) is 6.92 Å². The summed E-state index contributed by atoms with van der Waals surface area (Å²) < 4.78 is 18.0. The summed E-state index contributed by atoms with van der Waals surface area (Å²) in [6.07, 6.45) is 1.34. The van der Waals surface area contributed by atoms with E-state index >= 15 is 4.39 Å². The van der Waals surface area contributed by atoms with Crippen LogP contribution in [0.1, 0.15) is 11.1 Å². The van der Waals surface area contributed by atoms with E-state index in [2.05, 4.69) is 9.50 Å². The third kappa shape index (κ3) is 2.79. The van der Waals surface area contributed by atoms with Crippen LogP contribution in [0.3, 0.4) is 0 Å². The summed E-state index contributed by atoms with van der Waals surface area (Å²) in [6, 6.07) is 8.55. The molecule has 20 heavy (non-hydrogen) atoms. The summed E-state index contributed by atoms with van der Waals surface area (Å²) in [6.45, 7) is 1.28. The predicted molar refractivity (Wildman–Crippen MR) is 86.4 cm³/mol. The molecule has 0 saturated heterocycles. The lowest BCUT2D eigenvalue weighted by Crippen LogP contribution is -2.40. The summed E-state index contributed by atoms with van der Waals surface area (Å²) in [4.78, 5) is 26.2. The predicted octanol–water partition coefficient (Wildman–Crippen LogP) is 2.07. The van der Waals surface area contributed by atoms with Gasteiger partial charge in [-0.3, -0.25) is 9.36 Å². The van der Waals surface area contributed by atoms with Crippen LogP contribution >= 0.6 is 20.7 Å². The molecule has 1 N–H and O–H groups in total. The Hall–Kier alpha value is -1.57. The Morgan fingerprint density at radius 1 is 1.35 bits per heavy atom. The number of nitrogens with zero attached hydrogens (tertiary/aromatic N) is 1. The van der Waals surface area contributed by atoms with E-state index in [9.17, 15) is 9.59 Å². The van der Waals surface area contributed by atoms with Gasteiger partial charge in [-0.1, -0.05) is 55.6 Å². The van der Waals surface area contributed by atoms with Crippen molar-refractivity contribution >= 4 is 25.2 Å². The smallest absolute Gasteiger partial charge is 0.314 e. The van der Waals surface area contributed by atoms with Crippen molar-refractivity contribution in [1.82, 2.24) is 9.55 Å². The quantitative estimate of drug-likeness (QED) is 0.644. The van der Waals surface area contributed by atoms with Crippen LogP contribution in [0.25, 0.3) is 0 Å². The van der Waals surface area contributed by atoms with Gasteiger partial charge in [0, 0.05) is 17.3 Å². The number of hydrogen-bond acceptors (Lipinski definition) is 2. The van der Waals surface area contributed by atoms with E-state index in [1.165, 1.54) is 6.20 Å². The van der Waals surface area contributed by atoms with Crippen molar-refractivity contribution in [2.45, 2.75) is 17.1 Å². The van der Waals surface area contributed by atoms with Gasteiger partial charge < -0.3 is 4.98 Å². The van der Waals surface area contributed by atoms with Gasteiger partial charge in [-0.2, -0.15) is 0 Å². The van der Waals surface area contributed by atoms with Crippen LogP contribution in [-0.4, -0.2) is 14.1 Å². The van der Waals surface area contributed by atoms with Crippen LogP contribution < -0.4 is 11.2 Å². The maximum Gasteiger partial charge on any atom is 0.328 e. The van der Waals surface area contributed by atoms with E-state index < -0.39 is 35.7 Å². The lowest BCUT2D eigenvalue weighted by Gasteiger charge is -2.21. The number of alkyl halides is 2. The zero-order chi connectivity index (χ0) is 14.8. The monoisotopic (exact) mass is 388 g/mol. The second-order valence-corrected chi connectivity index (χ2v) is 6.84. The van der Waals surface area contributed by atoms with Crippen LogP contribution in [0.2, 0.25) is 0 Å². The zero-order valence-electron chi connectivity index (χ0n) is 10.9. The highest BCUT2D eigenvalue weighted by atomic mass is 127. The van der Waals surface area contributed by atoms with Gasteiger partial charge >= 0.3 is 5.69 Å². The van der Waals surface area contributed by atoms with Crippen LogP contribution in [0, 0.1) is 6.92 Å². The molecule has 0 radical (unpaired) electrons. The molecule has 0 aliphatic rings. The molecule has 0 aliphatic heterocycles. The van der Waals surface area contributed by atoms with Crippen molar-refractivity contribution in [2.24, 2.45) is 0 Å². The van der Waals surface area contributed by atoms with Gasteiger partial charge in [0.1, 0.15) is 0 Å². The van der Waals surface area contributed by atoms with Gasteiger partial charge in [0.25, 0.3) is 5.56 Å². The Bertz CT molecular complexity index is 739. The molecular formula is C14H14FIN2O2. The SMILES string of the molecule is C=IC(F)(Cn1c(=O)[nH]cc(C)c1=O)c1ccccc1. The molecule has 1 heterocycles. The molecule has 0 bridgehead atoms. The molecule has 0 aliphatic carbocycles. The summed E-state index contributed by atoms with van der Waals surface area (Å²) >= 11 is -1.11. The number of rotatable bonds is 4. The van der Waals surface area contributed by atoms with E-state index in [0.717, 1.165) is 4.57 Å². The highest BCUT2D eigenvalue weighted by molar-refractivity contribution is 14.2. The Labute approximate surface area is 125 Å². The van der Waals surface area contributed by atoms with Crippen LogP contribution in [0.4, 0.5) is 4.39 Å². The maximum absolute atomic E-state index is 15.1. The van der Waals surface area contributed by atoms with Crippen molar-refractivity contribution in [3.63, 3.8) is 0 Å². The zero-order valence-corrected chi connectivity index (χ0v) is 13.1. The van der Waals surface area contributed by atoms with E-state index in [-0.39, 0.29) is 6.54 Å². The number of aryl methyl sites for hydroxylation is 1. The molecule has 1 aromatic carbocycles. The first-order chi connectivity index (χ1) is 9.48. The lowest BCUT2D eigenvalue weighted by molar-refractivity contribution is 0.272. The van der Waals surface area contributed by atoms with Crippen molar-refractivity contribution in [3.8, 4) is 0 Å². The minimum absolute atomic E-state index is 0.302. The highest BCUT2D eigenvalue weighted by Gasteiger charge is 2.31. The molecule has 0 spiro atoms. The number of halogens is 2. The van der Waals surface area contributed by atoms with Gasteiger partial charge in [-0.15, -0.1) is 0 Å². The van der Waals surface area contributed by atoms with E-state index in [4.69, 9.17) is 0 Å². The van der Waals surface area contributed by atoms with Gasteiger partial charge in [0.15, 0.2) is 3.68 Å². The van der Waals surface area contributed by atoms with Gasteiger partial charge in [0.2, 0.25) is 0 Å². The molecule has 0 fully saturated rings. The van der Waals surface area contributed by atoms with E-state index in [0.29, 0.717) is 11.1 Å². The first-order valence-corrected chi connectivity index (χ1v) is 8.51. The average Bonchev–Trinajstić information content (AvgIpc) is 2.48. The first-order valence-electron chi connectivity index (χ1n) is 5.91. The lowest BCUT2D eigenvalue weighted by atomic mass is 10.1. The molecule has 4 nitrogen and oxygen atoms in total. The number of benzene rings is 1. The molecule has 106 valence electrons. The Kier molecular flexibility index (Phi) is 4.32. The molecular weight excluding hydrogens is 374 g/mol. The molecule has 1 unspecified atom stereocenters. The molecule has 1 atom stereocenters. The fourth-order valence-electron chi connectivity index (χ4n) is 1.85. The Morgan fingerprint density at radius 3 is 2.60 bits per heavy atom. The van der Waals surface area contributed by atoms with Crippen LogP contribution in [0.15, 0.2) is 46.1 Å². The van der Waals surface area contributed by atoms with E-state index in [1.807, 2.05) is 0 Å². The molecule has 0 amide bonds. The Morgan fingerprint density at radius 2 is 2.00 bits per heavy atom. The number of aromatic amines is 1. The fraction of sp³-hybridized carbons (Fsp3) is 0.214. The van der Waals surface area contributed by atoms with Crippen LogP contribution in [0.5, 0.6) is 0 Å². The maximum atomic E-state index is 15.1. The molecule has 2 rings (SSSR count). The second-order valence-electron chi connectivity index (χ2n) is 4.37. The van der Waals surface area contributed by atoms with Crippen molar-refractivity contribution in [3.05, 3.63) is 68.5 Å². The normalized spacial score (nSPS) is 13.9. The summed E-state index contributed by atoms with van der Waals surface area (Å²) in [7, 11) is 0. The summed E-state index contributed by atoms with van der Waals surface area (Å²) in [5.41, 5.74) is -0.238. The van der Waals surface area contributed by atoms with Crippen molar-refractivity contribution < 1.29 is 4.39 Å². The van der Waals surface area contributed by atoms with E-state index in [1.54, 1.807) is 37.3 Å². The highest BCUT2D eigenvalue weighted by Crippen LogP contribution is 2.38. The summed E-state index contributed by atoms with van der Waals surface area (Å²) in [5.74, 6) is 0. The number of H-pyrrole nitrogens is 1. The van der Waals surface area contributed by atoms with Crippen molar-refractivity contribution in [2.75, 3.05) is 0 Å². The standard InChI is InChI=1S/C14H14FIN2O2/c1-10-8-17-13(20)18(12(10)19)9-14(15,16-2)11-6-4-3-5-7-11/h3-8H,2,9H2,1H3,(H,17,20). The summed E-state index contributed by atoms with van der Waals surface area (Å²) in [5, 5.41) is 0. The first kappa shape index (κ1) is 14.8. The molecule has 0 saturated carbocycles. The molecule has 6 heteroatoms. The fourth-order valence-corrected chi connectivity index (χ4v) is 3.23. The minimum atomic E-state index is -1.75. The van der Waals surface area contributed by atoms with Gasteiger partial charge in [0.05, 0.1) is 6.54 Å². The second kappa shape index (κ2) is 5.82. The Balaban J connectivity index is 2.52. The number of nitrogens with one attached hydrogen (secondary N) is 1. The van der Waals surface area contributed by atoms with Crippen LogP contribution in [-0.2, 0) is 10.2 Å².